The lowest BCUT2D eigenvalue weighted by Gasteiger charge is -2.11. The zero-order valence-electron chi connectivity index (χ0n) is 12.9. The Bertz CT molecular complexity index is 556. The zero-order chi connectivity index (χ0) is 14.5. The lowest BCUT2D eigenvalue weighted by molar-refractivity contribution is 0.551. The van der Waals surface area contributed by atoms with Gasteiger partial charge in [0.15, 0.2) is 0 Å². The molecule has 2 nitrogen and oxygen atoms in total. The monoisotopic (exact) mass is 268 g/mol. The second kappa shape index (κ2) is 6.67. The third-order valence-corrected chi connectivity index (χ3v) is 3.41. The number of hydrogen-bond acceptors (Lipinski definition) is 2. The quantitative estimate of drug-likeness (QED) is 0.882. The van der Waals surface area contributed by atoms with Gasteiger partial charge in [-0.25, -0.2) is 0 Å². The number of aromatic nitrogens is 1. The van der Waals surface area contributed by atoms with Crippen molar-refractivity contribution in [3.63, 3.8) is 0 Å². The first kappa shape index (κ1) is 14.7. The van der Waals surface area contributed by atoms with Crippen LogP contribution in [0.4, 0.5) is 0 Å². The minimum atomic E-state index is 0.676. The van der Waals surface area contributed by atoms with Gasteiger partial charge in [0.25, 0.3) is 0 Å². The molecule has 0 radical (unpaired) electrons. The summed E-state index contributed by atoms with van der Waals surface area (Å²) in [6, 6.07) is 12.8. The molecule has 2 heteroatoms. The van der Waals surface area contributed by atoms with Crippen molar-refractivity contribution in [2.24, 2.45) is 5.92 Å². The van der Waals surface area contributed by atoms with Gasteiger partial charge in [0.2, 0.25) is 0 Å². The van der Waals surface area contributed by atoms with Gasteiger partial charge in [-0.1, -0.05) is 49.7 Å². The van der Waals surface area contributed by atoms with E-state index in [1.165, 1.54) is 16.7 Å². The van der Waals surface area contributed by atoms with Crippen molar-refractivity contribution < 1.29 is 0 Å². The number of hydrogen-bond donors (Lipinski definition) is 1. The summed E-state index contributed by atoms with van der Waals surface area (Å²) in [5.74, 6) is 0.676. The van der Waals surface area contributed by atoms with Gasteiger partial charge in [-0.15, -0.1) is 0 Å². The van der Waals surface area contributed by atoms with E-state index in [1.54, 1.807) is 0 Å². The second-order valence-corrected chi connectivity index (χ2v) is 5.83. The predicted molar refractivity (Wildman–Crippen MR) is 85.7 cm³/mol. The Morgan fingerprint density at radius 2 is 1.70 bits per heavy atom. The molecule has 106 valence electrons. The third-order valence-electron chi connectivity index (χ3n) is 3.41. The zero-order valence-corrected chi connectivity index (χ0v) is 12.9. The van der Waals surface area contributed by atoms with Crippen molar-refractivity contribution in [3.05, 3.63) is 53.2 Å². The highest BCUT2D eigenvalue weighted by atomic mass is 14.9. The summed E-state index contributed by atoms with van der Waals surface area (Å²) in [5, 5.41) is 3.47. The maximum Gasteiger partial charge on any atom is 0.0705 e. The average Bonchev–Trinajstić information content (AvgIpc) is 2.41. The molecule has 1 heterocycles. The number of pyridine rings is 1. The predicted octanol–water partition coefficient (Wildman–Crippen LogP) is 4.11. The molecular weight excluding hydrogens is 244 g/mol. The molecule has 0 aliphatic carbocycles. The molecule has 2 aromatic rings. The molecule has 0 saturated heterocycles. The maximum absolute atomic E-state index is 4.73. The second-order valence-electron chi connectivity index (χ2n) is 5.83. The van der Waals surface area contributed by atoms with Crippen molar-refractivity contribution in [3.8, 4) is 11.3 Å². The van der Waals surface area contributed by atoms with Crippen LogP contribution in [-0.4, -0.2) is 11.5 Å². The Morgan fingerprint density at radius 1 is 1.00 bits per heavy atom. The molecule has 20 heavy (non-hydrogen) atoms. The summed E-state index contributed by atoms with van der Waals surface area (Å²) in [6.07, 6.45) is 0. The minimum absolute atomic E-state index is 0.676. The van der Waals surface area contributed by atoms with Gasteiger partial charge in [0, 0.05) is 17.8 Å². The summed E-state index contributed by atoms with van der Waals surface area (Å²) in [5.41, 5.74) is 5.90. The molecule has 1 N–H and O–H groups in total. The van der Waals surface area contributed by atoms with E-state index in [9.17, 15) is 0 Å². The molecule has 0 unspecified atom stereocenters. The van der Waals surface area contributed by atoms with Crippen LogP contribution in [0, 0.1) is 19.8 Å². The van der Waals surface area contributed by atoms with Gasteiger partial charge in [-0.05, 0) is 37.9 Å². The van der Waals surface area contributed by atoms with Crippen LogP contribution in [0.3, 0.4) is 0 Å². The van der Waals surface area contributed by atoms with Gasteiger partial charge in [0.1, 0.15) is 0 Å². The van der Waals surface area contributed by atoms with Gasteiger partial charge in [0.05, 0.1) is 5.69 Å². The molecule has 0 bridgehead atoms. The standard InChI is InChI=1S/C18H24N2/c1-13(2)11-19-12-17-9-10-18(20-15(17)4)16-7-5-14(3)6-8-16/h5-10,13,19H,11-12H2,1-4H3. The van der Waals surface area contributed by atoms with Crippen LogP contribution in [0.2, 0.25) is 0 Å². The SMILES string of the molecule is Cc1ccc(-c2ccc(CNCC(C)C)c(C)n2)cc1. The highest BCUT2D eigenvalue weighted by Crippen LogP contribution is 2.19. The van der Waals surface area contributed by atoms with E-state index in [-0.39, 0.29) is 0 Å². The average molecular weight is 268 g/mol. The topological polar surface area (TPSA) is 24.9 Å². The number of aryl methyl sites for hydroxylation is 2. The largest absolute Gasteiger partial charge is 0.312 e. The van der Waals surface area contributed by atoms with Crippen molar-refractivity contribution in [1.29, 1.82) is 0 Å². The van der Waals surface area contributed by atoms with Gasteiger partial charge < -0.3 is 5.32 Å². The van der Waals surface area contributed by atoms with Crippen LogP contribution >= 0.6 is 0 Å². The van der Waals surface area contributed by atoms with E-state index in [0.29, 0.717) is 5.92 Å². The highest BCUT2D eigenvalue weighted by molar-refractivity contribution is 5.60. The number of rotatable bonds is 5. The van der Waals surface area contributed by atoms with Crippen LogP contribution < -0.4 is 5.32 Å². The maximum atomic E-state index is 4.73. The fourth-order valence-corrected chi connectivity index (χ4v) is 2.16. The first-order chi connectivity index (χ1) is 9.56. The van der Waals surface area contributed by atoms with Crippen LogP contribution in [0.15, 0.2) is 36.4 Å². The molecule has 0 saturated carbocycles. The fourth-order valence-electron chi connectivity index (χ4n) is 2.16. The summed E-state index contributed by atoms with van der Waals surface area (Å²) in [4.78, 5) is 4.73. The molecule has 0 spiro atoms. The lowest BCUT2D eigenvalue weighted by Crippen LogP contribution is -2.19. The summed E-state index contributed by atoms with van der Waals surface area (Å²) in [6.45, 7) is 10.6. The van der Waals surface area contributed by atoms with E-state index in [1.807, 2.05) is 0 Å². The normalized spacial score (nSPS) is 11.1. The Kier molecular flexibility index (Phi) is 4.91. The van der Waals surface area contributed by atoms with E-state index >= 15 is 0 Å². The van der Waals surface area contributed by atoms with E-state index < -0.39 is 0 Å². The van der Waals surface area contributed by atoms with Crippen LogP contribution in [0.1, 0.15) is 30.7 Å². The summed E-state index contributed by atoms with van der Waals surface area (Å²) >= 11 is 0. The molecular formula is C18H24N2. The molecule has 1 aromatic carbocycles. The first-order valence-electron chi connectivity index (χ1n) is 7.30. The Labute approximate surface area is 122 Å². The minimum Gasteiger partial charge on any atom is -0.312 e. The number of benzene rings is 1. The Balaban J connectivity index is 2.11. The van der Waals surface area contributed by atoms with E-state index in [0.717, 1.165) is 24.5 Å². The number of nitrogens with zero attached hydrogens (tertiary/aromatic N) is 1. The third kappa shape index (κ3) is 3.91. The smallest absolute Gasteiger partial charge is 0.0705 e. The summed E-state index contributed by atoms with van der Waals surface area (Å²) < 4.78 is 0. The van der Waals surface area contributed by atoms with Gasteiger partial charge in [-0.3, -0.25) is 4.98 Å². The lowest BCUT2D eigenvalue weighted by atomic mass is 10.1. The van der Waals surface area contributed by atoms with Gasteiger partial charge >= 0.3 is 0 Å². The number of nitrogens with one attached hydrogen (secondary N) is 1. The molecule has 2 rings (SSSR count). The van der Waals surface area contributed by atoms with E-state index in [2.05, 4.69) is 69.4 Å². The van der Waals surface area contributed by atoms with Crippen molar-refractivity contribution in [2.45, 2.75) is 34.2 Å². The van der Waals surface area contributed by atoms with Crippen molar-refractivity contribution in [2.75, 3.05) is 6.54 Å². The van der Waals surface area contributed by atoms with Crippen molar-refractivity contribution in [1.82, 2.24) is 10.3 Å². The Morgan fingerprint density at radius 3 is 2.30 bits per heavy atom. The highest BCUT2D eigenvalue weighted by Gasteiger charge is 2.04. The first-order valence-corrected chi connectivity index (χ1v) is 7.30. The van der Waals surface area contributed by atoms with Crippen molar-refractivity contribution >= 4 is 0 Å². The molecule has 0 aliphatic rings. The van der Waals surface area contributed by atoms with Crippen LogP contribution in [-0.2, 0) is 6.54 Å². The van der Waals surface area contributed by atoms with Crippen LogP contribution in [0.25, 0.3) is 11.3 Å². The summed E-state index contributed by atoms with van der Waals surface area (Å²) in [7, 11) is 0. The molecule has 0 aliphatic heterocycles. The molecule has 0 atom stereocenters. The van der Waals surface area contributed by atoms with E-state index in [4.69, 9.17) is 4.98 Å². The van der Waals surface area contributed by atoms with Crippen LogP contribution in [0.5, 0.6) is 0 Å². The Hall–Kier alpha value is -1.67. The molecule has 1 aromatic heterocycles. The molecule has 0 amide bonds. The molecule has 0 fully saturated rings. The fraction of sp³-hybridized carbons (Fsp3) is 0.389. The van der Waals surface area contributed by atoms with Gasteiger partial charge in [-0.2, -0.15) is 0 Å².